The number of nitrogens with two attached hydrogens (primary N) is 1. The van der Waals surface area contributed by atoms with E-state index < -0.39 is 10.0 Å². The Morgan fingerprint density at radius 1 is 1.55 bits per heavy atom. The number of aromatic nitrogens is 1. The van der Waals surface area contributed by atoms with Gasteiger partial charge in [0.2, 0.25) is 10.0 Å². The Labute approximate surface area is 120 Å². The van der Waals surface area contributed by atoms with E-state index in [4.69, 9.17) is 5.73 Å². The number of likely N-dealkylation sites (N-methyl/N-ethyl adjacent to an activating group) is 2. The molecule has 1 aliphatic heterocycles. The van der Waals surface area contributed by atoms with Crippen LogP contribution >= 0.6 is 0 Å². The minimum atomic E-state index is -3.49. The summed E-state index contributed by atoms with van der Waals surface area (Å²) in [7, 11) is -1.87. The summed E-state index contributed by atoms with van der Waals surface area (Å²) in [6.45, 7) is 4.63. The second-order valence-electron chi connectivity index (χ2n) is 5.13. The topological polar surface area (TPSA) is 79.5 Å². The number of likely N-dealkylation sites (tertiary alicyclic amines) is 1. The number of sulfonamides is 1. The van der Waals surface area contributed by atoms with Crippen LogP contribution in [0.3, 0.4) is 0 Å². The molecule has 2 rings (SSSR count). The van der Waals surface area contributed by atoms with Gasteiger partial charge in [0, 0.05) is 31.9 Å². The van der Waals surface area contributed by atoms with E-state index in [1.165, 1.54) is 22.6 Å². The highest BCUT2D eigenvalue weighted by Crippen LogP contribution is 2.21. The maximum absolute atomic E-state index is 12.5. The lowest BCUT2D eigenvalue weighted by Crippen LogP contribution is -2.41. The van der Waals surface area contributed by atoms with E-state index in [0.29, 0.717) is 12.6 Å². The Bertz CT molecular complexity index is 561. The van der Waals surface area contributed by atoms with Crippen LogP contribution in [0.4, 0.5) is 5.82 Å². The molecule has 1 saturated heterocycles. The molecule has 0 aliphatic carbocycles. The quantitative estimate of drug-likeness (QED) is 0.868. The van der Waals surface area contributed by atoms with Crippen LogP contribution in [-0.2, 0) is 10.0 Å². The number of nitrogens with zero attached hydrogens (tertiary/aromatic N) is 3. The second-order valence-corrected chi connectivity index (χ2v) is 7.17. The fourth-order valence-electron chi connectivity index (χ4n) is 2.68. The molecule has 1 unspecified atom stereocenters. The first-order chi connectivity index (χ1) is 9.45. The van der Waals surface area contributed by atoms with E-state index in [0.717, 1.165) is 25.9 Å². The molecule has 20 heavy (non-hydrogen) atoms. The van der Waals surface area contributed by atoms with Gasteiger partial charge in [-0.15, -0.1) is 0 Å². The van der Waals surface area contributed by atoms with Crippen molar-refractivity contribution in [1.29, 1.82) is 0 Å². The minimum absolute atomic E-state index is 0.202. The van der Waals surface area contributed by atoms with E-state index in [1.807, 2.05) is 0 Å². The van der Waals surface area contributed by atoms with Crippen LogP contribution < -0.4 is 5.73 Å². The Morgan fingerprint density at radius 3 is 2.95 bits per heavy atom. The molecule has 1 aromatic heterocycles. The molecule has 0 spiro atoms. The first-order valence-electron chi connectivity index (χ1n) is 6.87. The highest BCUT2D eigenvalue weighted by molar-refractivity contribution is 7.89. The van der Waals surface area contributed by atoms with Crippen molar-refractivity contribution in [3.63, 3.8) is 0 Å². The summed E-state index contributed by atoms with van der Waals surface area (Å²) in [6.07, 6.45) is 3.60. The van der Waals surface area contributed by atoms with Gasteiger partial charge in [0.15, 0.2) is 0 Å². The van der Waals surface area contributed by atoms with Crippen molar-refractivity contribution in [2.24, 2.45) is 0 Å². The molecule has 0 amide bonds. The Balaban J connectivity index is 2.13. The zero-order chi connectivity index (χ0) is 14.8. The highest BCUT2D eigenvalue weighted by atomic mass is 32.2. The molecule has 1 aliphatic rings. The lowest BCUT2D eigenvalue weighted by molar-refractivity contribution is 0.237. The first-order valence-corrected chi connectivity index (χ1v) is 8.31. The van der Waals surface area contributed by atoms with E-state index in [1.54, 1.807) is 7.05 Å². The van der Waals surface area contributed by atoms with Crippen LogP contribution in [0.25, 0.3) is 0 Å². The zero-order valence-corrected chi connectivity index (χ0v) is 12.8. The van der Waals surface area contributed by atoms with Gasteiger partial charge < -0.3 is 5.73 Å². The van der Waals surface area contributed by atoms with Crippen molar-refractivity contribution in [3.8, 4) is 0 Å². The number of pyridine rings is 1. The van der Waals surface area contributed by atoms with Crippen molar-refractivity contribution in [3.05, 3.63) is 18.3 Å². The Hall–Kier alpha value is -1.18. The molecule has 7 heteroatoms. The summed E-state index contributed by atoms with van der Waals surface area (Å²) in [5.41, 5.74) is 5.56. The first kappa shape index (κ1) is 15.2. The van der Waals surface area contributed by atoms with Crippen LogP contribution in [-0.4, -0.2) is 55.3 Å². The molecule has 6 nitrogen and oxygen atoms in total. The molecule has 0 radical (unpaired) electrons. The van der Waals surface area contributed by atoms with Gasteiger partial charge in [-0.1, -0.05) is 6.92 Å². The molecule has 0 saturated carbocycles. The van der Waals surface area contributed by atoms with Gasteiger partial charge in [0.25, 0.3) is 0 Å². The molecule has 1 atom stereocenters. The van der Waals surface area contributed by atoms with Crippen LogP contribution in [0.5, 0.6) is 0 Å². The van der Waals surface area contributed by atoms with Gasteiger partial charge in [-0.05, 0) is 32.0 Å². The minimum Gasteiger partial charge on any atom is -0.384 e. The molecule has 1 aromatic rings. The van der Waals surface area contributed by atoms with E-state index in [9.17, 15) is 8.42 Å². The summed E-state index contributed by atoms with van der Waals surface area (Å²) in [4.78, 5) is 6.36. The zero-order valence-electron chi connectivity index (χ0n) is 12.0. The maximum Gasteiger partial charge on any atom is 0.243 e. The number of hydrogen-bond donors (Lipinski definition) is 1. The Morgan fingerprint density at radius 2 is 2.30 bits per heavy atom. The number of nitrogen functional groups attached to an aromatic ring is 1. The van der Waals surface area contributed by atoms with E-state index >= 15 is 0 Å². The lowest BCUT2D eigenvalue weighted by atomic mass is 10.2. The van der Waals surface area contributed by atoms with Gasteiger partial charge in [-0.3, -0.25) is 4.90 Å². The fourth-order valence-corrected chi connectivity index (χ4v) is 3.91. The number of rotatable bonds is 5. The predicted molar refractivity (Wildman–Crippen MR) is 78.7 cm³/mol. The third-order valence-corrected chi connectivity index (χ3v) is 5.65. The molecule has 1 fully saturated rings. The lowest BCUT2D eigenvalue weighted by Gasteiger charge is -2.27. The monoisotopic (exact) mass is 298 g/mol. The van der Waals surface area contributed by atoms with Crippen molar-refractivity contribution in [2.45, 2.75) is 30.7 Å². The molecular weight excluding hydrogens is 276 g/mol. The van der Waals surface area contributed by atoms with Crippen molar-refractivity contribution in [1.82, 2.24) is 14.2 Å². The highest BCUT2D eigenvalue weighted by Gasteiger charge is 2.29. The third kappa shape index (κ3) is 3.11. The third-order valence-electron chi connectivity index (χ3n) is 3.83. The number of hydrogen-bond acceptors (Lipinski definition) is 5. The average Bonchev–Trinajstić information content (AvgIpc) is 2.86. The number of anilines is 1. The SMILES string of the molecule is CCN1CCCC1CN(C)S(=O)(=O)c1ccnc(N)c1. The van der Waals surface area contributed by atoms with Gasteiger partial charge in [-0.2, -0.15) is 4.31 Å². The summed E-state index contributed by atoms with van der Waals surface area (Å²) in [5, 5.41) is 0. The fraction of sp³-hybridized carbons (Fsp3) is 0.615. The van der Waals surface area contributed by atoms with Gasteiger partial charge in [0.05, 0.1) is 4.90 Å². The summed E-state index contributed by atoms with van der Waals surface area (Å²) in [5.74, 6) is 0.218. The molecule has 0 bridgehead atoms. The van der Waals surface area contributed by atoms with Crippen molar-refractivity contribution in [2.75, 3.05) is 32.4 Å². The molecular formula is C13H22N4O2S. The summed E-state index contributed by atoms with van der Waals surface area (Å²) in [6, 6.07) is 3.19. The van der Waals surface area contributed by atoms with Gasteiger partial charge >= 0.3 is 0 Å². The molecule has 2 N–H and O–H groups in total. The standard InChI is InChI=1S/C13H22N4O2S/c1-3-17-8-4-5-11(17)10-16(2)20(18,19)12-6-7-15-13(14)9-12/h6-7,9,11H,3-5,8,10H2,1-2H3,(H2,14,15). The van der Waals surface area contributed by atoms with Crippen LogP contribution in [0.2, 0.25) is 0 Å². The Kier molecular flexibility index (Phi) is 4.62. The summed E-state index contributed by atoms with van der Waals surface area (Å²) >= 11 is 0. The van der Waals surface area contributed by atoms with Crippen LogP contribution in [0.1, 0.15) is 19.8 Å². The normalized spacial score (nSPS) is 20.6. The largest absolute Gasteiger partial charge is 0.384 e. The van der Waals surface area contributed by atoms with E-state index in [2.05, 4.69) is 16.8 Å². The van der Waals surface area contributed by atoms with Crippen LogP contribution in [0, 0.1) is 0 Å². The van der Waals surface area contributed by atoms with Crippen LogP contribution in [0.15, 0.2) is 23.2 Å². The second kappa shape index (κ2) is 6.07. The average molecular weight is 298 g/mol. The molecule has 0 aromatic carbocycles. The van der Waals surface area contributed by atoms with Crippen molar-refractivity contribution < 1.29 is 8.42 Å². The molecule has 2 heterocycles. The van der Waals surface area contributed by atoms with Gasteiger partial charge in [-0.25, -0.2) is 13.4 Å². The predicted octanol–water partition coefficient (Wildman–Crippen LogP) is 0.769. The smallest absolute Gasteiger partial charge is 0.243 e. The summed E-state index contributed by atoms with van der Waals surface area (Å²) < 4.78 is 26.4. The van der Waals surface area contributed by atoms with Gasteiger partial charge in [0.1, 0.15) is 5.82 Å². The van der Waals surface area contributed by atoms with Crippen molar-refractivity contribution >= 4 is 15.8 Å². The maximum atomic E-state index is 12.5. The molecule has 112 valence electrons. The van der Waals surface area contributed by atoms with E-state index in [-0.39, 0.29) is 10.7 Å².